The molecule has 0 saturated carbocycles. The lowest BCUT2D eigenvalue weighted by Crippen LogP contribution is -2.37. The summed E-state index contributed by atoms with van der Waals surface area (Å²) in [4.78, 5) is 12.0. The number of nitrogens with zero attached hydrogens (tertiary/aromatic N) is 3. The molecular weight excluding hydrogens is 278 g/mol. The Labute approximate surface area is 130 Å². The van der Waals surface area contributed by atoms with Crippen LogP contribution in [0.3, 0.4) is 0 Å². The molecule has 0 radical (unpaired) electrons. The maximum Gasteiger partial charge on any atom is 0.319 e. The molecule has 1 aromatic carbocycles. The average Bonchev–Trinajstić information content (AvgIpc) is 2.90. The van der Waals surface area contributed by atoms with Gasteiger partial charge in [-0.05, 0) is 38.5 Å². The lowest BCUT2D eigenvalue weighted by Gasteiger charge is -2.14. The van der Waals surface area contributed by atoms with E-state index >= 15 is 0 Å². The first-order chi connectivity index (χ1) is 10.5. The summed E-state index contributed by atoms with van der Waals surface area (Å²) in [6.45, 7) is 6.08. The van der Waals surface area contributed by atoms with Crippen LogP contribution in [0.25, 0.3) is 10.9 Å². The third-order valence-electron chi connectivity index (χ3n) is 3.47. The van der Waals surface area contributed by atoms with E-state index in [0.717, 1.165) is 17.3 Å². The van der Waals surface area contributed by atoms with Crippen LogP contribution in [-0.4, -0.2) is 21.9 Å². The molecule has 1 aromatic heterocycles. The van der Waals surface area contributed by atoms with Crippen LogP contribution in [0.4, 0.5) is 10.5 Å². The van der Waals surface area contributed by atoms with Gasteiger partial charge in [0.1, 0.15) is 0 Å². The predicted octanol–water partition coefficient (Wildman–Crippen LogP) is 3.43. The maximum atomic E-state index is 12.0. The normalized spacial score (nSPS) is 12.1. The zero-order valence-electron chi connectivity index (χ0n) is 13.1. The summed E-state index contributed by atoms with van der Waals surface area (Å²) in [7, 11) is 0. The second-order valence-corrected chi connectivity index (χ2v) is 5.54. The number of benzene rings is 1. The summed E-state index contributed by atoms with van der Waals surface area (Å²) >= 11 is 0. The summed E-state index contributed by atoms with van der Waals surface area (Å²) in [5.41, 5.74) is 1.61. The number of carbonyl (C=O) groups excluding carboxylic acids is 1. The van der Waals surface area contributed by atoms with Gasteiger partial charge in [0.25, 0.3) is 0 Å². The van der Waals surface area contributed by atoms with Crippen molar-refractivity contribution in [3.8, 4) is 6.07 Å². The van der Waals surface area contributed by atoms with Crippen molar-refractivity contribution in [2.24, 2.45) is 0 Å². The monoisotopic (exact) mass is 299 g/mol. The fourth-order valence-corrected chi connectivity index (χ4v) is 2.15. The number of urea groups is 1. The fraction of sp³-hybridized carbons (Fsp3) is 0.438. The average molecular weight is 299 g/mol. The smallest absolute Gasteiger partial charge is 0.319 e. The number of nitriles is 1. The number of hydrogen-bond donors (Lipinski definition) is 2. The molecule has 116 valence electrons. The lowest BCUT2D eigenvalue weighted by molar-refractivity contribution is 0.248. The third kappa shape index (κ3) is 3.76. The van der Waals surface area contributed by atoms with Gasteiger partial charge in [0, 0.05) is 29.4 Å². The van der Waals surface area contributed by atoms with E-state index in [4.69, 9.17) is 5.26 Å². The van der Waals surface area contributed by atoms with Gasteiger partial charge in [-0.2, -0.15) is 10.4 Å². The lowest BCUT2D eigenvalue weighted by atomic mass is 10.2. The highest BCUT2D eigenvalue weighted by atomic mass is 16.2. The molecule has 2 N–H and O–H groups in total. The van der Waals surface area contributed by atoms with Crippen LogP contribution in [-0.2, 0) is 0 Å². The highest BCUT2D eigenvalue weighted by molar-refractivity contribution is 5.92. The molecule has 6 heteroatoms. The van der Waals surface area contributed by atoms with Crippen LogP contribution in [0, 0.1) is 11.3 Å². The number of amides is 2. The Hall–Kier alpha value is -2.55. The summed E-state index contributed by atoms with van der Waals surface area (Å²) in [6.07, 6.45) is 3.00. The predicted molar refractivity (Wildman–Crippen MR) is 86.6 cm³/mol. The standard InChI is InChI=1S/C16H21N5O/c1-4-13(7-8-17)18-16(22)19-14-5-6-15-12(9-14)10-21(20-15)11(2)3/h5-6,9-11,13H,4,7H2,1-3H3,(H2,18,19,22)/t13-/m1/s1. The van der Waals surface area contributed by atoms with E-state index in [1.54, 1.807) is 0 Å². The van der Waals surface area contributed by atoms with Crippen molar-refractivity contribution < 1.29 is 4.79 Å². The van der Waals surface area contributed by atoms with E-state index in [0.29, 0.717) is 18.2 Å². The van der Waals surface area contributed by atoms with E-state index in [9.17, 15) is 4.79 Å². The fourth-order valence-electron chi connectivity index (χ4n) is 2.15. The summed E-state index contributed by atoms with van der Waals surface area (Å²) in [6, 6.07) is 7.55. The Morgan fingerprint density at radius 2 is 2.23 bits per heavy atom. The molecule has 0 fully saturated rings. The summed E-state index contributed by atoms with van der Waals surface area (Å²) in [5, 5.41) is 19.8. The molecule has 22 heavy (non-hydrogen) atoms. The summed E-state index contributed by atoms with van der Waals surface area (Å²) in [5.74, 6) is 0. The van der Waals surface area contributed by atoms with Crippen molar-refractivity contribution in [1.29, 1.82) is 5.26 Å². The van der Waals surface area contributed by atoms with Gasteiger partial charge in [0.15, 0.2) is 0 Å². The second kappa shape index (κ2) is 6.94. The Morgan fingerprint density at radius 3 is 2.86 bits per heavy atom. The van der Waals surface area contributed by atoms with Gasteiger partial charge < -0.3 is 10.6 Å². The quantitative estimate of drug-likeness (QED) is 0.887. The minimum atomic E-state index is -0.294. The molecule has 6 nitrogen and oxygen atoms in total. The van der Waals surface area contributed by atoms with Crippen molar-refractivity contribution >= 4 is 22.6 Å². The molecular formula is C16H21N5O. The Balaban J connectivity index is 2.08. The van der Waals surface area contributed by atoms with Crippen molar-refractivity contribution in [2.75, 3.05) is 5.32 Å². The Morgan fingerprint density at radius 1 is 1.45 bits per heavy atom. The van der Waals surface area contributed by atoms with Crippen LogP contribution < -0.4 is 10.6 Å². The molecule has 0 aliphatic carbocycles. The number of aromatic nitrogens is 2. The van der Waals surface area contributed by atoms with E-state index in [1.807, 2.05) is 36.0 Å². The Kier molecular flexibility index (Phi) is 4.99. The number of hydrogen-bond acceptors (Lipinski definition) is 3. The molecule has 0 aliphatic heterocycles. The van der Waals surface area contributed by atoms with Gasteiger partial charge in [-0.3, -0.25) is 4.68 Å². The van der Waals surface area contributed by atoms with Crippen molar-refractivity contribution in [1.82, 2.24) is 15.1 Å². The van der Waals surface area contributed by atoms with Crippen LogP contribution >= 0.6 is 0 Å². The number of fused-ring (bicyclic) bond motifs is 1. The number of carbonyl (C=O) groups is 1. The zero-order valence-corrected chi connectivity index (χ0v) is 13.1. The molecule has 0 bridgehead atoms. The van der Waals surface area contributed by atoms with Gasteiger partial charge in [0.2, 0.25) is 0 Å². The topological polar surface area (TPSA) is 82.7 Å². The first kappa shape index (κ1) is 15.8. The largest absolute Gasteiger partial charge is 0.334 e. The van der Waals surface area contributed by atoms with Gasteiger partial charge in [-0.1, -0.05) is 6.92 Å². The number of nitrogens with one attached hydrogen (secondary N) is 2. The van der Waals surface area contributed by atoms with Gasteiger partial charge in [0.05, 0.1) is 18.0 Å². The molecule has 0 unspecified atom stereocenters. The highest BCUT2D eigenvalue weighted by Gasteiger charge is 2.11. The molecule has 2 rings (SSSR count). The van der Waals surface area contributed by atoms with Gasteiger partial charge in [-0.25, -0.2) is 4.79 Å². The first-order valence-electron chi connectivity index (χ1n) is 7.46. The molecule has 0 aliphatic rings. The van der Waals surface area contributed by atoms with Gasteiger partial charge >= 0.3 is 6.03 Å². The SMILES string of the molecule is CC[C@H](CC#N)NC(=O)Nc1ccc2nn(C(C)C)cc2c1. The van der Waals surface area contributed by atoms with Crippen LogP contribution in [0.5, 0.6) is 0 Å². The number of anilines is 1. The molecule has 1 atom stereocenters. The number of rotatable bonds is 5. The van der Waals surface area contributed by atoms with E-state index in [1.165, 1.54) is 0 Å². The van der Waals surface area contributed by atoms with Crippen LogP contribution in [0.1, 0.15) is 39.7 Å². The van der Waals surface area contributed by atoms with Crippen LogP contribution in [0.15, 0.2) is 24.4 Å². The van der Waals surface area contributed by atoms with Gasteiger partial charge in [-0.15, -0.1) is 0 Å². The van der Waals surface area contributed by atoms with E-state index in [-0.39, 0.29) is 12.1 Å². The molecule has 2 amide bonds. The Bertz CT molecular complexity index is 698. The molecule has 1 heterocycles. The first-order valence-corrected chi connectivity index (χ1v) is 7.46. The molecule has 2 aromatic rings. The van der Waals surface area contributed by atoms with Crippen molar-refractivity contribution in [3.05, 3.63) is 24.4 Å². The minimum absolute atomic E-state index is 0.127. The van der Waals surface area contributed by atoms with Crippen LogP contribution in [0.2, 0.25) is 0 Å². The van der Waals surface area contributed by atoms with Crippen molar-refractivity contribution in [3.63, 3.8) is 0 Å². The van der Waals surface area contributed by atoms with E-state index < -0.39 is 0 Å². The minimum Gasteiger partial charge on any atom is -0.334 e. The maximum absolute atomic E-state index is 12.0. The molecule has 0 spiro atoms. The second-order valence-electron chi connectivity index (χ2n) is 5.54. The van der Waals surface area contributed by atoms with E-state index in [2.05, 4.69) is 35.6 Å². The summed E-state index contributed by atoms with van der Waals surface area (Å²) < 4.78 is 1.90. The third-order valence-corrected chi connectivity index (χ3v) is 3.47. The zero-order chi connectivity index (χ0) is 16.1. The highest BCUT2D eigenvalue weighted by Crippen LogP contribution is 2.19. The van der Waals surface area contributed by atoms with Crippen molar-refractivity contribution in [2.45, 2.75) is 45.7 Å². The molecule has 0 saturated heterocycles.